The summed E-state index contributed by atoms with van der Waals surface area (Å²) in [5.74, 6) is 2.02. The van der Waals surface area contributed by atoms with Crippen LogP contribution in [0.2, 0.25) is 0 Å². The molecule has 122 valence electrons. The summed E-state index contributed by atoms with van der Waals surface area (Å²) in [6.07, 6.45) is 5.11. The zero-order chi connectivity index (χ0) is 16.8. The Hall–Kier alpha value is -2.58. The number of hydrogen-bond donors (Lipinski definition) is 0. The van der Waals surface area contributed by atoms with Gasteiger partial charge >= 0.3 is 0 Å². The Balaban J connectivity index is 1.69. The monoisotopic (exact) mass is 317 g/mol. The van der Waals surface area contributed by atoms with Crippen molar-refractivity contribution in [3.05, 3.63) is 94.9 Å². The van der Waals surface area contributed by atoms with Gasteiger partial charge in [-0.05, 0) is 42.9 Å². The molecule has 0 saturated carbocycles. The van der Waals surface area contributed by atoms with E-state index in [1.54, 1.807) is 0 Å². The van der Waals surface area contributed by atoms with Crippen molar-refractivity contribution < 1.29 is 4.42 Å². The van der Waals surface area contributed by atoms with Crippen LogP contribution in [-0.2, 0) is 13.0 Å². The summed E-state index contributed by atoms with van der Waals surface area (Å²) in [5, 5.41) is 0. The van der Waals surface area contributed by atoms with Crippen molar-refractivity contribution in [2.75, 3.05) is 14.1 Å². The van der Waals surface area contributed by atoms with Gasteiger partial charge in [-0.25, -0.2) is 0 Å². The molecular weight excluding hydrogens is 294 g/mol. The highest BCUT2D eigenvalue weighted by Crippen LogP contribution is 2.16. The van der Waals surface area contributed by atoms with Gasteiger partial charge in [-0.15, -0.1) is 0 Å². The van der Waals surface area contributed by atoms with Gasteiger partial charge < -0.3 is 9.32 Å². The molecule has 0 spiro atoms. The maximum absolute atomic E-state index is 5.91. The van der Waals surface area contributed by atoms with Gasteiger partial charge in [-0.3, -0.25) is 0 Å². The molecule has 2 aromatic carbocycles. The fraction of sp³-hybridized carbons (Fsp3) is 0.182. The molecule has 1 aromatic heterocycles. The third kappa shape index (κ3) is 4.71. The summed E-state index contributed by atoms with van der Waals surface area (Å²) < 4.78 is 5.91. The first-order valence-electron chi connectivity index (χ1n) is 8.23. The number of rotatable bonds is 6. The minimum absolute atomic E-state index is 0.820. The van der Waals surface area contributed by atoms with Crippen LogP contribution in [0.3, 0.4) is 0 Å². The standard InChI is InChI=1S/C22H23NO/c1-23(2)17-22-14-13-21(24-22)16-20-10-6-9-19(15-20)12-11-18-7-4-3-5-8-18/h3-15H,16-17H2,1-2H3/b12-11+. The van der Waals surface area contributed by atoms with E-state index in [0.29, 0.717) is 0 Å². The molecule has 0 bridgehead atoms. The fourth-order valence-corrected chi connectivity index (χ4v) is 2.68. The van der Waals surface area contributed by atoms with Crippen LogP contribution in [0.1, 0.15) is 28.2 Å². The smallest absolute Gasteiger partial charge is 0.118 e. The van der Waals surface area contributed by atoms with E-state index < -0.39 is 0 Å². The molecule has 0 aliphatic heterocycles. The summed E-state index contributed by atoms with van der Waals surface area (Å²) in [6, 6.07) is 23.1. The average Bonchev–Trinajstić information content (AvgIpc) is 3.00. The van der Waals surface area contributed by atoms with E-state index in [1.807, 2.05) is 20.2 Å². The first kappa shape index (κ1) is 16.3. The van der Waals surface area contributed by atoms with E-state index in [-0.39, 0.29) is 0 Å². The molecule has 0 unspecified atom stereocenters. The zero-order valence-electron chi connectivity index (χ0n) is 14.3. The molecular formula is C22H23NO. The van der Waals surface area contributed by atoms with E-state index in [4.69, 9.17) is 4.42 Å². The van der Waals surface area contributed by atoms with Crippen LogP contribution in [-0.4, -0.2) is 19.0 Å². The van der Waals surface area contributed by atoms with Crippen molar-refractivity contribution in [1.82, 2.24) is 4.90 Å². The van der Waals surface area contributed by atoms with Crippen molar-refractivity contribution in [1.29, 1.82) is 0 Å². The first-order valence-corrected chi connectivity index (χ1v) is 8.23. The summed E-state index contributed by atoms with van der Waals surface area (Å²) in [6.45, 7) is 0.833. The van der Waals surface area contributed by atoms with Crippen LogP contribution < -0.4 is 0 Å². The molecule has 0 atom stereocenters. The van der Waals surface area contributed by atoms with Gasteiger partial charge in [0.2, 0.25) is 0 Å². The van der Waals surface area contributed by atoms with Crippen LogP contribution in [0, 0.1) is 0 Å². The Morgan fingerprint density at radius 3 is 2.29 bits per heavy atom. The fourth-order valence-electron chi connectivity index (χ4n) is 2.68. The van der Waals surface area contributed by atoms with Crippen molar-refractivity contribution in [3.63, 3.8) is 0 Å². The number of furan rings is 1. The minimum Gasteiger partial charge on any atom is -0.464 e. The van der Waals surface area contributed by atoms with E-state index in [1.165, 1.54) is 16.7 Å². The summed E-state index contributed by atoms with van der Waals surface area (Å²) >= 11 is 0. The maximum atomic E-state index is 5.91. The van der Waals surface area contributed by atoms with Gasteiger partial charge in [0.1, 0.15) is 11.5 Å². The second-order valence-corrected chi connectivity index (χ2v) is 6.27. The highest BCUT2D eigenvalue weighted by molar-refractivity contribution is 5.69. The predicted octanol–water partition coefficient (Wildman–Crippen LogP) is 5.10. The van der Waals surface area contributed by atoms with Gasteiger partial charge in [0.05, 0.1) is 6.54 Å². The van der Waals surface area contributed by atoms with Gasteiger partial charge in [-0.2, -0.15) is 0 Å². The van der Waals surface area contributed by atoms with Crippen LogP contribution in [0.4, 0.5) is 0 Å². The largest absolute Gasteiger partial charge is 0.464 e. The highest BCUT2D eigenvalue weighted by Gasteiger charge is 2.04. The van der Waals surface area contributed by atoms with Crippen LogP contribution in [0.25, 0.3) is 12.2 Å². The van der Waals surface area contributed by atoms with Crippen molar-refractivity contribution in [3.8, 4) is 0 Å². The second kappa shape index (κ2) is 7.80. The summed E-state index contributed by atoms with van der Waals surface area (Å²) in [7, 11) is 4.09. The lowest BCUT2D eigenvalue weighted by Crippen LogP contribution is -2.09. The third-order valence-corrected chi connectivity index (χ3v) is 3.79. The van der Waals surface area contributed by atoms with E-state index in [9.17, 15) is 0 Å². The quantitative estimate of drug-likeness (QED) is 0.588. The van der Waals surface area contributed by atoms with E-state index in [2.05, 4.69) is 77.7 Å². The molecule has 0 aliphatic carbocycles. The van der Waals surface area contributed by atoms with Gasteiger partial charge in [-0.1, -0.05) is 66.7 Å². The molecule has 2 nitrogen and oxygen atoms in total. The van der Waals surface area contributed by atoms with Crippen molar-refractivity contribution in [2.24, 2.45) is 0 Å². The highest BCUT2D eigenvalue weighted by atomic mass is 16.3. The number of nitrogens with zero attached hydrogens (tertiary/aromatic N) is 1. The lowest BCUT2D eigenvalue weighted by atomic mass is 10.1. The van der Waals surface area contributed by atoms with E-state index in [0.717, 1.165) is 24.5 Å². The molecule has 0 saturated heterocycles. The molecule has 0 fully saturated rings. The second-order valence-electron chi connectivity index (χ2n) is 6.27. The maximum Gasteiger partial charge on any atom is 0.118 e. The molecule has 0 amide bonds. The SMILES string of the molecule is CN(C)Cc1ccc(Cc2cccc(/C=C/c3ccccc3)c2)o1. The Morgan fingerprint density at radius 2 is 1.50 bits per heavy atom. The summed E-state index contributed by atoms with van der Waals surface area (Å²) in [4.78, 5) is 2.11. The summed E-state index contributed by atoms with van der Waals surface area (Å²) in [5.41, 5.74) is 3.68. The predicted molar refractivity (Wildman–Crippen MR) is 101 cm³/mol. The molecule has 0 radical (unpaired) electrons. The molecule has 0 N–H and O–H groups in total. The topological polar surface area (TPSA) is 16.4 Å². The van der Waals surface area contributed by atoms with Crippen LogP contribution in [0.15, 0.2) is 71.1 Å². The number of hydrogen-bond acceptors (Lipinski definition) is 2. The minimum atomic E-state index is 0.820. The van der Waals surface area contributed by atoms with Gasteiger partial charge in [0.15, 0.2) is 0 Å². The Morgan fingerprint density at radius 1 is 0.792 bits per heavy atom. The normalized spacial score (nSPS) is 11.5. The molecule has 1 heterocycles. The van der Waals surface area contributed by atoms with Gasteiger partial charge in [0, 0.05) is 6.42 Å². The van der Waals surface area contributed by atoms with E-state index >= 15 is 0 Å². The average molecular weight is 317 g/mol. The van der Waals surface area contributed by atoms with Crippen LogP contribution in [0.5, 0.6) is 0 Å². The Labute approximate surface area is 144 Å². The lowest BCUT2D eigenvalue weighted by molar-refractivity contribution is 0.343. The zero-order valence-corrected chi connectivity index (χ0v) is 14.3. The third-order valence-electron chi connectivity index (χ3n) is 3.79. The van der Waals surface area contributed by atoms with Crippen molar-refractivity contribution in [2.45, 2.75) is 13.0 Å². The molecule has 2 heteroatoms. The first-order chi connectivity index (χ1) is 11.7. The number of benzene rings is 2. The van der Waals surface area contributed by atoms with Crippen LogP contribution >= 0.6 is 0 Å². The Bertz CT molecular complexity index is 800. The lowest BCUT2D eigenvalue weighted by Gasteiger charge is -2.06. The molecule has 3 aromatic rings. The van der Waals surface area contributed by atoms with Crippen molar-refractivity contribution >= 4 is 12.2 Å². The molecule has 24 heavy (non-hydrogen) atoms. The Kier molecular flexibility index (Phi) is 5.29. The van der Waals surface area contributed by atoms with Gasteiger partial charge in [0.25, 0.3) is 0 Å². The molecule has 3 rings (SSSR count). The molecule has 0 aliphatic rings.